The van der Waals surface area contributed by atoms with Crippen LogP contribution in [-0.4, -0.2) is 33.1 Å². The highest BCUT2D eigenvalue weighted by molar-refractivity contribution is 7.98. The molecule has 2 rings (SSSR count). The van der Waals surface area contributed by atoms with Crippen LogP contribution < -0.4 is 10.1 Å². The van der Waals surface area contributed by atoms with Crippen molar-refractivity contribution in [1.29, 1.82) is 0 Å². The molecule has 0 radical (unpaired) electrons. The average molecular weight is 239 g/mol. The molecule has 1 heterocycles. The molecule has 0 aliphatic carbocycles. The third-order valence-corrected chi connectivity index (χ3v) is 3.44. The summed E-state index contributed by atoms with van der Waals surface area (Å²) in [4.78, 5) is 1.24. The first kappa shape index (κ1) is 11.8. The standard InChI is InChI=1S/C12H17NO2S/c1-14-11-4-3-9(16-2)7-10(11)12-8-13-5-6-15-12/h3-4,7,12-13H,5-6,8H2,1-2H3. The van der Waals surface area contributed by atoms with Crippen molar-refractivity contribution in [3.05, 3.63) is 23.8 Å². The summed E-state index contributed by atoms with van der Waals surface area (Å²) < 4.78 is 11.1. The molecule has 88 valence electrons. The first-order chi connectivity index (χ1) is 7.85. The van der Waals surface area contributed by atoms with E-state index in [1.54, 1.807) is 18.9 Å². The van der Waals surface area contributed by atoms with Crippen molar-refractivity contribution < 1.29 is 9.47 Å². The first-order valence-electron chi connectivity index (χ1n) is 5.39. The van der Waals surface area contributed by atoms with Crippen LogP contribution in [-0.2, 0) is 4.74 Å². The molecule has 1 unspecified atom stereocenters. The number of ether oxygens (including phenoxy) is 2. The van der Waals surface area contributed by atoms with Gasteiger partial charge in [-0.3, -0.25) is 0 Å². The molecule has 1 saturated heterocycles. The van der Waals surface area contributed by atoms with Crippen molar-refractivity contribution in [2.45, 2.75) is 11.0 Å². The van der Waals surface area contributed by atoms with E-state index >= 15 is 0 Å². The van der Waals surface area contributed by atoms with Crippen molar-refractivity contribution in [3.8, 4) is 5.75 Å². The van der Waals surface area contributed by atoms with E-state index in [1.807, 2.05) is 6.07 Å². The molecule has 3 nitrogen and oxygen atoms in total. The Hall–Kier alpha value is -0.710. The number of hydrogen-bond donors (Lipinski definition) is 1. The van der Waals surface area contributed by atoms with Crippen molar-refractivity contribution in [3.63, 3.8) is 0 Å². The number of rotatable bonds is 3. The predicted molar refractivity (Wildman–Crippen MR) is 66.3 cm³/mol. The Bertz CT molecular complexity index is 351. The van der Waals surface area contributed by atoms with Crippen LogP contribution in [0, 0.1) is 0 Å². The van der Waals surface area contributed by atoms with E-state index < -0.39 is 0 Å². The first-order valence-corrected chi connectivity index (χ1v) is 6.62. The topological polar surface area (TPSA) is 30.5 Å². The Morgan fingerprint density at radius 2 is 2.38 bits per heavy atom. The minimum atomic E-state index is 0.107. The second-order valence-corrected chi connectivity index (χ2v) is 4.55. The molecule has 1 fully saturated rings. The maximum absolute atomic E-state index is 5.75. The molecule has 1 aliphatic heterocycles. The third-order valence-electron chi connectivity index (χ3n) is 2.71. The van der Waals surface area contributed by atoms with Crippen LogP contribution in [0.15, 0.2) is 23.1 Å². The number of hydrogen-bond acceptors (Lipinski definition) is 4. The van der Waals surface area contributed by atoms with Gasteiger partial charge in [0.1, 0.15) is 5.75 Å². The van der Waals surface area contributed by atoms with Crippen LogP contribution in [0.25, 0.3) is 0 Å². The Morgan fingerprint density at radius 1 is 1.50 bits per heavy atom. The lowest BCUT2D eigenvalue weighted by atomic mass is 10.1. The predicted octanol–water partition coefficient (Wildman–Crippen LogP) is 2.08. The summed E-state index contributed by atoms with van der Waals surface area (Å²) in [6.07, 6.45) is 2.18. The van der Waals surface area contributed by atoms with Gasteiger partial charge < -0.3 is 14.8 Å². The van der Waals surface area contributed by atoms with Gasteiger partial charge >= 0.3 is 0 Å². The summed E-state index contributed by atoms with van der Waals surface area (Å²) in [5, 5.41) is 3.33. The van der Waals surface area contributed by atoms with Crippen LogP contribution in [0.2, 0.25) is 0 Å². The molecule has 1 atom stereocenters. The molecule has 4 heteroatoms. The summed E-state index contributed by atoms with van der Waals surface area (Å²) in [7, 11) is 1.70. The van der Waals surface area contributed by atoms with Crippen LogP contribution in [0.5, 0.6) is 5.75 Å². The SMILES string of the molecule is COc1ccc(SC)cc1C1CNCCO1. The molecule has 16 heavy (non-hydrogen) atoms. The molecule has 1 aliphatic rings. The van der Waals surface area contributed by atoms with E-state index in [0.29, 0.717) is 0 Å². The van der Waals surface area contributed by atoms with Gasteiger partial charge in [0.05, 0.1) is 19.8 Å². The molecule has 1 N–H and O–H groups in total. The van der Waals surface area contributed by atoms with Gasteiger partial charge in [-0.1, -0.05) is 0 Å². The van der Waals surface area contributed by atoms with Gasteiger partial charge in [-0.05, 0) is 24.5 Å². The van der Waals surface area contributed by atoms with Crippen molar-refractivity contribution >= 4 is 11.8 Å². The van der Waals surface area contributed by atoms with E-state index in [-0.39, 0.29) is 6.10 Å². The number of thioether (sulfide) groups is 1. The van der Waals surface area contributed by atoms with Gasteiger partial charge in [0.2, 0.25) is 0 Å². The minimum absolute atomic E-state index is 0.107. The quantitative estimate of drug-likeness (QED) is 0.818. The minimum Gasteiger partial charge on any atom is -0.496 e. The highest BCUT2D eigenvalue weighted by atomic mass is 32.2. The summed E-state index contributed by atoms with van der Waals surface area (Å²) >= 11 is 1.73. The fourth-order valence-electron chi connectivity index (χ4n) is 1.86. The van der Waals surface area contributed by atoms with Gasteiger partial charge in [0, 0.05) is 23.5 Å². The lowest BCUT2D eigenvalue weighted by Crippen LogP contribution is -2.33. The molecule has 0 bridgehead atoms. The smallest absolute Gasteiger partial charge is 0.124 e. The molecular weight excluding hydrogens is 222 g/mol. The fourth-order valence-corrected chi connectivity index (χ4v) is 2.31. The number of morpholine rings is 1. The number of methoxy groups -OCH3 is 1. The Labute approximate surface area is 101 Å². The zero-order valence-electron chi connectivity index (χ0n) is 9.66. The Balaban J connectivity index is 2.27. The second kappa shape index (κ2) is 5.57. The van der Waals surface area contributed by atoms with E-state index in [0.717, 1.165) is 31.0 Å². The highest BCUT2D eigenvalue weighted by Gasteiger charge is 2.19. The van der Waals surface area contributed by atoms with Crippen molar-refractivity contribution in [1.82, 2.24) is 5.32 Å². The number of nitrogens with one attached hydrogen (secondary N) is 1. The molecule has 1 aromatic rings. The van der Waals surface area contributed by atoms with Gasteiger partial charge in [-0.25, -0.2) is 0 Å². The fraction of sp³-hybridized carbons (Fsp3) is 0.500. The highest BCUT2D eigenvalue weighted by Crippen LogP contribution is 2.31. The lowest BCUT2D eigenvalue weighted by molar-refractivity contribution is 0.0261. The normalized spacial score (nSPS) is 20.8. The van der Waals surface area contributed by atoms with Gasteiger partial charge in [-0.2, -0.15) is 0 Å². The van der Waals surface area contributed by atoms with Gasteiger partial charge in [-0.15, -0.1) is 11.8 Å². The van der Waals surface area contributed by atoms with Gasteiger partial charge in [0.15, 0.2) is 0 Å². The van der Waals surface area contributed by atoms with E-state index in [1.165, 1.54) is 4.90 Å². The van der Waals surface area contributed by atoms with Crippen LogP contribution in [0.4, 0.5) is 0 Å². The zero-order chi connectivity index (χ0) is 11.4. The number of benzene rings is 1. The zero-order valence-corrected chi connectivity index (χ0v) is 10.5. The largest absolute Gasteiger partial charge is 0.496 e. The van der Waals surface area contributed by atoms with Crippen molar-refractivity contribution in [2.75, 3.05) is 33.1 Å². The monoisotopic (exact) mass is 239 g/mol. The molecule has 1 aromatic carbocycles. The Morgan fingerprint density at radius 3 is 3.00 bits per heavy atom. The molecule has 0 amide bonds. The van der Waals surface area contributed by atoms with Crippen LogP contribution in [0.3, 0.4) is 0 Å². The molecule has 0 aromatic heterocycles. The molecular formula is C12H17NO2S. The maximum atomic E-state index is 5.75. The molecule has 0 saturated carbocycles. The summed E-state index contributed by atoms with van der Waals surface area (Å²) in [6.45, 7) is 2.55. The Kier molecular flexibility index (Phi) is 4.09. The van der Waals surface area contributed by atoms with Crippen LogP contribution in [0.1, 0.15) is 11.7 Å². The van der Waals surface area contributed by atoms with E-state index in [4.69, 9.17) is 9.47 Å². The average Bonchev–Trinajstić information content (AvgIpc) is 2.39. The van der Waals surface area contributed by atoms with E-state index in [9.17, 15) is 0 Å². The lowest BCUT2D eigenvalue weighted by Gasteiger charge is -2.25. The summed E-state index contributed by atoms with van der Waals surface area (Å²) in [5.41, 5.74) is 1.14. The van der Waals surface area contributed by atoms with Gasteiger partial charge in [0.25, 0.3) is 0 Å². The third kappa shape index (κ3) is 2.51. The van der Waals surface area contributed by atoms with Crippen LogP contribution >= 0.6 is 11.8 Å². The maximum Gasteiger partial charge on any atom is 0.124 e. The van der Waals surface area contributed by atoms with Crippen molar-refractivity contribution in [2.24, 2.45) is 0 Å². The second-order valence-electron chi connectivity index (χ2n) is 3.67. The molecule has 0 spiro atoms. The summed E-state index contributed by atoms with van der Waals surface area (Å²) in [6, 6.07) is 6.24. The summed E-state index contributed by atoms with van der Waals surface area (Å²) in [5.74, 6) is 0.909. The van der Waals surface area contributed by atoms with E-state index in [2.05, 4.69) is 23.7 Å².